The van der Waals surface area contributed by atoms with Crippen LogP contribution >= 0.6 is 0 Å². The molecule has 0 aliphatic heterocycles. The highest BCUT2D eigenvalue weighted by atomic mass is 28.4. The predicted octanol–water partition coefficient (Wildman–Crippen LogP) is 2.07. The number of aliphatic hydroxyl groups is 1. The minimum Gasteiger partial charge on any atom is -0.465 e. The van der Waals surface area contributed by atoms with Crippen molar-refractivity contribution >= 4 is 14.3 Å². The van der Waals surface area contributed by atoms with Gasteiger partial charge in [0.25, 0.3) is 0 Å². The van der Waals surface area contributed by atoms with Gasteiger partial charge in [0, 0.05) is 0 Å². The normalized spacial score (nSPS) is 15.5. The smallest absolute Gasteiger partial charge is 0.331 e. The Hall–Kier alpha value is -0.903. The fourth-order valence-electron chi connectivity index (χ4n) is 1.07. The van der Waals surface area contributed by atoms with Crippen molar-refractivity contribution in [3.63, 3.8) is 0 Å². The van der Waals surface area contributed by atoms with Crippen molar-refractivity contribution in [3.8, 4) is 6.07 Å². The van der Waals surface area contributed by atoms with Gasteiger partial charge in [0.2, 0.25) is 0 Å². The van der Waals surface area contributed by atoms with Crippen molar-refractivity contribution in [2.24, 2.45) is 5.41 Å². The summed E-state index contributed by atoms with van der Waals surface area (Å²) in [5.74, 6) is -0.723. The van der Waals surface area contributed by atoms with Crippen LogP contribution in [0.5, 0.6) is 0 Å². The molecule has 0 aliphatic carbocycles. The van der Waals surface area contributed by atoms with E-state index in [1.807, 2.05) is 19.2 Å². The Morgan fingerprint density at radius 2 is 1.89 bits per heavy atom. The molecule has 6 heteroatoms. The predicted molar refractivity (Wildman–Crippen MR) is 74.9 cm³/mol. The van der Waals surface area contributed by atoms with Crippen LogP contribution < -0.4 is 0 Å². The van der Waals surface area contributed by atoms with E-state index in [-0.39, 0.29) is 18.3 Å². The van der Waals surface area contributed by atoms with Crippen LogP contribution in [-0.4, -0.2) is 39.2 Å². The average molecular weight is 287 g/mol. The summed E-state index contributed by atoms with van der Waals surface area (Å²) < 4.78 is 10.7. The molecule has 110 valence electrons. The minimum absolute atomic E-state index is 0.0295. The summed E-state index contributed by atoms with van der Waals surface area (Å²) in [6.07, 6.45) is 0. The zero-order valence-electron chi connectivity index (χ0n) is 12.7. The second-order valence-corrected chi connectivity index (χ2v) is 10.9. The number of ether oxygens (including phenoxy) is 1. The number of carbonyl (C=O) groups excluding carboxylic acids is 1. The monoisotopic (exact) mass is 287 g/mol. The zero-order chi connectivity index (χ0) is 15.3. The number of rotatable bonds is 6. The molecule has 0 fully saturated rings. The zero-order valence-corrected chi connectivity index (χ0v) is 13.7. The number of nitriles is 1. The van der Waals surface area contributed by atoms with Crippen molar-refractivity contribution < 1.29 is 19.1 Å². The van der Waals surface area contributed by atoms with Crippen LogP contribution in [0.15, 0.2) is 0 Å². The molecule has 0 aliphatic rings. The van der Waals surface area contributed by atoms with Crippen molar-refractivity contribution in [3.05, 3.63) is 0 Å². The summed E-state index contributed by atoms with van der Waals surface area (Å²) >= 11 is 0. The van der Waals surface area contributed by atoms with Gasteiger partial charge >= 0.3 is 5.97 Å². The molecule has 1 N–H and O–H groups in total. The first-order chi connectivity index (χ1) is 8.56. The van der Waals surface area contributed by atoms with Crippen LogP contribution in [-0.2, 0) is 14.0 Å². The molecule has 0 spiro atoms. The van der Waals surface area contributed by atoms with Gasteiger partial charge in [-0.25, -0.2) is 0 Å². The summed E-state index contributed by atoms with van der Waals surface area (Å²) in [6, 6.07) is 1.85. The van der Waals surface area contributed by atoms with E-state index in [0.717, 1.165) is 0 Å². The minimum atomic E-state index is -2.09. The molecule has 0 saturated carbocycles. The average Bonchev–Trinajstić information content (AvgIpc) is 2.30. The Morgan fingerprint density at radius 1 is 1.37 bits per heavy atom. The Labute approximate surface area is 116 Å². The van der Waals surface area contributed by atoms with Crippen molar-refractivity contribution in [2.45, 2.75) is 45.8 Å². The summed E-state index contributed by atoms with van der Waals surface area (Å²) in [4.78, 5) is 11.8. The standard InChI is InChI=1S/C13H25NO4Si/c1-7-17-11(16)13(8-14,9-15)10-18-19(5,6)12(2,3)4/h15H,7,9-10H2,1-6H3. The summed E-state index contributed by atoms with van der Waals surface area (Å²) in [7, 11) is -2.09. The van der Waals surface area contributed by atoms with Gasteiger partial charge in [0.05, 0.1) is 25.9 Å². The molecule has 1 unspecified atom stereocenters. The van der Waals surface area contributed by atoms with E-state index in [4.69, 9.17) is 9.16 Å². The molecule has 0 aromatic heterocycles. The first kappa shape index (κ1) is 18.1. The molecule has 0 rings (SSSR count). The van der Waals surface area contributed by atoms with Crippen molar-refractivity contribution in [1.29, 1.82) is 5.26 Å². The van der Waals surface area contributed by atoms with Gasteiger partial charge in [-0.3, -0.25) is 4.79 Å². The summed E-state index contributed by atoms with van der Waals surface area (Å²) in [6.45, 7) is 11.3. The number of esters is 1. The molecule has 0 heterocycles. The number of hydrogen-bond acceptors (Lipinski definition) is 5. The molecule has 0 bridgehead atoms. The third-order valence-electron chi connectivity index (χ3n) is 3.64. The van der Waals surface area contributed by atoms with Crippen LogP contribution in [0.4, 0.5) is 0 Å². The summed E-state index contributed by atoms with van der Waals surface area (Å²) in [5, 5.41) is 18.6. The Bertz CT molecular complexity index is 357. The van der Waals surface area contributed by atoms with Crippen molar-refractivity contribution in [2.75, 3.05) is 19.8 Å². The molecule has 0 aromatic rings. The molecule has 1 atom stereocenters. The Morgan fingerprint density at radius 3 is 2.21 bits per heavy atom. The maximum absolute atomic E-state index is 11.8. The quantitative estimate of drug-likeness (QED) is 0.597. The summed E-state index contributed by atoms with van der Waals surface area (Å²) in [5.41, 5.74) is -1.62. The highest BCUT2D eigenvalue weighted by molar-refractivity contribution is 6.74. The van der Waals surface area contributed by atoms with Gasteiger partial charge < -0.3 is 14.3 Å². The number of aliphatic hydroxyl groups excluding tert-OH is 1. The van der Waals surface area contributed by atoms with E-state index in [9.17, 15) is 15.2 Å². The molecule has 0 aromatic carbocycles. The van der Waals surface area contributed by atoms with Crippen LogP contribution in [0.25, 0.3) is 0 Å². The second-order valence-electron chi connectivity index (χ2n) is 6.12. The lowest BCUT2D eigenvalue weighted by Gasteiger charge is -2.38. The fourth-order valence-corrected chi connectivity index (χ4v) is 2.11. The number of carbonyl (C=O) groups is 1. The van der Waals surface area contributed by atoms with Gasteiger partial charge in [-0.1, -0.05) is 20.8 Å². The molecule has 0 saturated heterocycles. The van der Waals surface area contributed by atoms with E-state index in [0.29, 0.717) is 0 Å². The van der Waals surface area contributed by atoms with Crippen LogP contribution in [0, 0.1) is 16.7 Å². The Balaban J connectivity index is 4.99. The van der Waals surface area contributed by atoms with E-state index in [2.05, 4.69) is 20.8 Å². The lowest BCUT2D eigenvalue weighted by atomic mass is 9.92. The SMILES string of the molecule is CCOC(=O)C(C#N)(CO)CO[Si](C)(C)C(C)(C)C. The third-order valence-corrected chi connectivity index (χ3v) is 8.11. The van der Waals surface area contributed by atoms with Crippen LogP contribution in [0.1, 0.15) is 27.7 Å². The second kappa shape index (κ2) is 6.50. The van der Waals surface area contributed by atoms with Crippen LogP contribution in [0.3, 0.4) is 0 Å². The first-order valence-electron chi connectivity index (χ1n) is 6.39. The number of nitrogens with zero attached hydrogens (tertiary/aromatic N) is 1. The molecule has 19 heavy (non-hydrogen) atoms. The topological polar surface area (TPSA) is 79.6 Å². The lowest BCUT2D eigenvalue weighted by Crippen LogP contribution is -2.47. The maximum atomic E-state index is 11.8. The van der Waals surface area contributed by atoms with E-state index >= 15 is 0 Å². The highest BCUT2D eigenvalue weighted by Gasteiger charge is 2.45. The highest BCUT2D eigenvalue weighted by Crippen LogP contribution is 2.37. The van der Waals surface area contributed by atoms with E-state index in [1.165, 1.54) is 0 Å². The van der Waals surface area contributed by atoms with E-state index in [1.54, 1.807) is 6.92 Å². The number of hydrogen-bond donors (Lipinski definition) is 1. The van der Waals surface area contributed by atoms with Crippen LogP contribution in [0.2, 0.25) is 18.1 Å². The first-order valence-corrected chi connectivity index (χ1v) is 9.30. The molecule has 0 radical (unpaired) electrons. The molecular weight excluding hydrogens is 262 g/mol. The van der Waals surface area contributed by atoms with Gasteiger partial charge in [0.1, 0.15) is 0 Å². The van der Waals surface area contributed by atoms with Gasteiger partial charge in [0.15, 0.2) is 13.7 Å². The molecular formula is C13H25NO4Si. The molecule has 0 amide bonds. The maximum Gasteiger partial charge on any atom is 0.331 e. The van der Waals surface area contributed by atoms with Gasteiger partial charge in [-0.2, -0.15) is 5.26 Å². The molecule has 5 nitrogen and oxygen atoms in total. The third kappa shape index (κ3) is 4.30. The largest absolute Gasteiger partial charge is 0.465 e. The van der Waals surface area contributed by atoms with Gasteiger partial charge in [-0.05, 0) is 25.1 Å². The van der Waals surface area contributed by atoms with Gasteiger partial charge in [-0.15, -0.1) is 0 Å². The Kier molecular flexibility index (Phi) is 6.20. The fraction of sp³-hybridized carbons (Fsp3) is 0.846. The van der Waals surface area contributed by atoms with Crippen molar-refractivity contribution in [1.82, 2.24) is 0 Å². The van der Waals surface area contributed by atoms with E-state index < -0.39 is 26.3 Å². The lowest BCUT2D eigenvalue weighted by molar-refractivity contribution is -0.155.